The molecule has 0 heterocycles. The minimum absolute atomic E-state index is 0. The Kier molecular flexibility index (Phi) is 14.7. The van der Waals surface area contributed by atoms with Gasteiger partial charge in [-0.05, 0) is 0 Å². The maximum atomic E-state index is 4.18. The summed E-state index contributed by atoms with van der Waals surface area (Å²) in [4.78, 5) is 0. The van der Waals surface area contributed by atoms with Crippen molar-refractivity contribution in [3.8, 4) is 0 Å². The predicted molar refractivity (Wildman–Crippen MR) is 175 cm³/mol. The third-order valence-corrected chi connectivity index (χ3v) is 41.0. The average molecular weight is 743 g/mol. The monoisotopic (exact) mass is 743 g/mol. The van der Waals surface area contributed by atoms with Gasteiger partial charge in [-0.2, -0.15) is 0 Å². The van der Waals surface area contributed by atoms with E-state index in [-0.39, 0.29) is 35.6 Å². The first kappa shape index (κ1) is 37.5. The summed E-state index contributed by atoms with van der Waals surface area (Å²) in [6.45, 7) is 44.6. The number of hydrogen-bond acceptors (Lipinski definition) is 2. The van der Waals surface area contributed by atoms with Gasteiger partial charge in [0.1, 0.15) is 0 Å². The Balaban J connectivity index is 0.00000684. The van der Waals surface area contributed by atoms with E-state index in [0.29, 0.717) is 0 Å². The minimum Gasteiger partial charge on any atom is -0.147 e. The van der Waals surface area contributed by atoms with Crippen molar-refractivity contribution < 1.29 is 20.6 Å². The van der Waals surface area contributed by atoms with Gasteiger partial charge in [0.2, 0.25) is 0 Å². The molecule has 0 aromatic rings. The Hall–Kier alpha value is -0.493. The molecule has 0 aromatic carbocycles. The van der Waals surface area contributed by atoms with Crippen LogP contribution >= 0.6 is 24.8 Å². The SMILES string of the molecule is C=CCN(CC=C)[SiH](N(CC=C)CC=C)[Hf]([C]1=C(C)C(C)=C(C)C1(C)C)[C]1=C(C)C(C)=C(C)C1(C)C.Cl.Cl. The van der Waals surface area contributed by atoms with Gasteiger partial charge in [0.25, 0.3) is 0 Å². The number of hydrogen-bond donors (Lipinski definition) is 0. The Morgan fingerprint density at radius 2 is 0.842 bits per heavy atom. The van der Waals surface area contributed by atoms with Crippen LogP contribution in [0.3, 0.4) is 0 Å². The second kappa shape index (κ2) is 14.9. The molecule has 2 nitrogen and oxygen atoms in total. The number of nitrogens with zero attached hydrogens (tertiary/aromatic N) is 2. The Morgan fingerprint density at radius 3 is 1.03 bits per heavy atom. The van der Waals surface area contributed by atoms with Crippen molar-refractivity contribution in [1.29, 1.82) is 0 Å². The molecule has 0 bridgehead atoms. The summed E-state index contributed by atoms with van der Waals surface area (Å²) in [6.07, 6.45) is 6.70. The quantitative estimate of drug-likeness (QED) is 0.138. The fourth-order valence-electron chi connectivity index (χ4n) is 6.46. The van der Waals surface area contributed by atoms with Crippen LogP contribution in [0.25, 0.3) is 0 Å². The second-order valence-electron chi connectivity index (χ2n) is 11.6. The van der Waals surface area contributed by atoms with Crippen LogP contribution in [0.4, 0.5) is 0 Å². The van der Waals surface area contributed by atoms with Gasteiger partial charge >= 0.3 is 233 Å². The Morgan fingerprint density at radius 1 is 0.579 bits per heavy atom. The van der Waals surface area contributed by atoms with Crippen LogP contribution in [-0.4, -0.2) is 41.6 Å². The molecule has 0 aliphatic heterocycles. The molecular weight excluding hydrogens is 690 g/mol. The maximum absolute atomic E-state index is 4.18. The van der Waals surface area contributed by atoms with Gasteiger partial charge in [-0.15, -0.1) is 24.8 Å². The molecule has 6 heteroatoms. The average Bonchev–Trinajstić information content (AvgIpc) is 3.05. The summed E-state index contributed by atoms with van der Waals surface area (Å²) < 4.78 is 9.18. The predicted octanol–water partition coefficient (Wildman–Crippen LogP) is 8.81. The van der Waals surface area contributed by atoms with Crippen LogP contribution in [0.1, 0.15) is 69.2 Å². The molecule has 213 valence electrons. The van der Waals surface area contributed by atoms with Crippen molar-refractivity contribution >= 4 is 31.1 Å². The first-order chi connectivity index (χ1) is 16.7. The zero-order chi connectivity index (χ0) is 27.6. The summed E-state index contributed by atoms with van der Waals surface area (Å²) in [6, 6.07) is 0. The first-order valence-electron chi connectivity index (χ1n) is 13.3. The number of allylic oxidation sites excluding steroid dienone is 8. The smallest absolute Gasteiger partial charge is 0.147 e. The molecule has 2 aliphatic rings. The Bertz CT molecular complexity index is 959. The molecule has 0 radical (unpaired) electrons. The summed E-state index contributed by atoms with van der Waals surface area (Å²) in [5, 5.41) is 0. The van der Waals surface area contributed by atoms with Gasteiger partial charge < -0.3 is 0 Å². The number of halogens is 2. The zero-order valence-corrected chi connectivity index (χ0v) is 32.1. The molecule has 38 heavy (non-hydrogen) atoms. The molecule has 0 aromatic heterocycles. The standard InChI is InChI=1S/C12H21N2Si.2C10H15.2ClH.Hf/c1-5-9-13(10-6-2)15-14(11-7-3)12-8-4;2*1-7-6-10(4,5)9(3)8(7)2;;;/h5-8,15H,1-4,9-12H2;2*1-5H3;2*1H;. The van der Waals surface area contributed by atoms with Crippen LogP contribution in [0.15, 0.2) is 90.7 Å². The summed E-state index contributed by atoms with van der Waals surface area (Å²) in [5.41, 5.74) is 9.47. The molecule has 0 amide bonds. The van der Waals surface area contributed by atoms with E-state index >= 15 is 0 Å². The largest absolute Gasteiger partial charge is 0.147 e. The summed E-state index contributed by atoms with van der Waals surface area (Å²) >= 11 is -2.84. The van der Waals surface area contributed by atoms with E-state index in [1.807, 2.05) is 6.66 Å². The van der Waals surface area contributed by atoms with Crippen molar-refractivity contribution in [3.63, 3.8) is 0 Å². The van der Waals surface area contributed by atoms with Crippen molar-refractivity contribution in [1.82, 2.24) is 9.13 Å². The van der Waals surface area contributed by atoms with E-state index in [9.17, 15) is 0 Å². The van der Waals surface area contributed by atoms with Crippen molar-refractivity contribution in [2.75, 3.05) is 26.2 Å². The topological polar surface area (TPSA) is 6.48 Å². The Labute approximate surface area is 256 Å². The normalized spacial score (nSPS) is 18.3. The molecular formula is C32H53Cl2HfN2Si. The van der Waals surface area contributed by atoms with E-state index in [1.165, 1.54) is 11.1 Å². The van der Waals surface area contributed by atoms with Crippen molar-refractivity contribution in [3.05, 3.63) is 90.7 Å². The zero-order valence-electron chi connectivity index (χ0n) is 25.8. The van der Waals surface area contributed by atoms with E-state index in [4.69, 9.17) is 0 Å². The van der Waals surface area contributed by atoms with Crippen LogP contribution in [0.5, 0.6) is 0 Å². The van der Waals surface area contributed by atoms with Crippen LogP contribution in [-0.2, 0) is 20.6 Å². The van der Waals surface area contributed by atoms with E-state index < -0.39 is 26.9 Å². The third-order valence-electron chi connectivity index (χ3n) is 9.07. The molecule has 0 N–H and O–H groups in total. The van der Waals surface area contributed by atoms with Crippen LogP contribution < -0.4 is 0 Å². The van der Waals surface area contributed by atoms with Gasteiger partial charge in [0.15, 0.2) is 0 Å². The molecule has 0 spiro atoms. The van der Waals surface area contributed by atoms with Gasteiger partial charge in [-0.3, -0.25) is 0 Å². The van der Waals surface area contributed by atoms with Gasteiger partial charge in [0.05, 0.1) is 0 Å². The molecule has 2 aliphatic carbocycles. The van der Waals surface area contributed by atoms with E-state index in [0.717, 1.165) is 26.2 Å². The van der Waals surface area contributed by atoms with E-state index in [2.05, 4.69) is 129 Å². The van der Waals surface area contributed by atoms with Crippen LogP contribution in [0.2, 0.25) is 0 Å². The number of rotatable bonds is 13. The molecule has 0 saturated carbocycles. The maximum Gasteiger partial charge on any atom is -0.147 e. The molecule has 0 atom stereocenters. The molecule has 0 saturated heterocycles. The second-order valence-corrected chi connectivity index (χ2v) is 30.7. The molecule has 0 unspecified atom stereocenters. The van der Waals surface area contributed by atoms with Gasteiger partial charge in [0, 0.05) is 0 Å². The van der Waals surface area contributed by atoms with Crippen LogP contribution in [0, 0.1) is 10.8 Å². The van der Waals surface area contributed by atoms with Crippen molar-refractivity contribution in [2.45, 2.75) is 69.2 Å². The first-order valence-corrected chi connectivity index (χ1v) is 24.8. The fraction of sp³-hybridized carbons (Fsp3) is 0.500. The summed E-state index contributed by atoms with van der Waals surface area (Å²) in [5.74, 6) is 0. The van der Waals surface area contributed by atoms with E-state index in [1.54, 1.807) is 22.3 Å². The van der Waals surface area contributed by atoms with Gasteiger partial charge in [-0.1, -0.05) is 0 Å². The summed E-state index contributed by atoms with van der Waals surface area (Å²) in [7, 11) is 0. The molecule has 0 fully saturated rings. The fourth-order valence-corrected chi connectivity index (χ4v) is 48.3. The minimum atomic E-state index is -2.84. The molecule has 2 rings (SSSR count). The van der Waals surface area contributed by atoms with Crippen molar-refractivity contribution in [2.24, 2.45) is 10.8 Å². The third kappa shape index (κ3) is 6.69. The van der Waals surface area contributed by atoms with Gasteiger partial charge in [-0.25, -0.2) is 0 Å².